The topological polar surface area (TPSA) is 86.9 Å². The van der Waals surface area contributed by atoms with Crippen LogP contribution in [0.25, 0.3) is 0 Å². The standard InChI is InChI=1S/C13H9N3O4/c17-16(18)11-5-13-12(19-8-20-13)4-9(11)6-15-10-2-1-3-14-7-10/h1-7H,8H2. The zero-order chi connectivity index (χ0) is 13.9. The summed E-state index contributed by atoms with van der Waals surface area (Å²) in [6, 6.07) is 6.37. The highest BCUT2D eigenvalue weighted by Crippen LogP contribution is 2.37. The second-order valence-corrected chi connectivity index (χ2v) is 3.99. The van der Waals surface area contributed by atoms with E-state index in [1.54, 1.807) is 30.6 Å². The molecule has 7 nitrogen and oxygen atoms in total. The largest absolute Gasteiger partial charge is 0.454 e. The molecule has 0 spiro atoms. The third kappa shape index (κ3) is 2.28. The minimum Gasteiger partial charge on any atom is -0.454 e. The highest BCUT2D eigenvalue weighted by atomic mass is 16.7. The van der Waals surface area contributed by atoms with Gasteiger partial charge in [0.25, 0.3) is 5.69 Å². The molecule has 0 atom stereocenters. The summed E-state index contributed by atoms with van der Waals surface area (Å²) in [5, 5.41) is 11.1. The van der Waals surface area contributed by atoms with Gasteiger partial charge in [-0.15, -0.1) is 0 Å². The Labute approximate surface area is 113 Å². The molecule has 1 aromatic carbocycles. The van der Waals surface area contributed by atoms with Crippen molar-refractivity contribution in [2.75, 3.05) is 6.79 Å². The molecule has 2 aromatic rings. The number of pyridine rings is 1. The van der Waals surface area contributed by atoms with Gasteiger partial charge in [0.05, 0.1) is 28.4 Å². The molecule has 7 heteroatoms. The first-order chi connectivity index (χ1) is 9.74. The highest BCUT2D eigenvalue weighted by molar-refractivity contribution is 5.88. The van der Waals surface area contributed by atoms with Crippen molar-refractivity contribution in [2.24, 2.45) is 4.99 Å². The normalized spacial score (nSPS) is 12.8. The molecule has 0 fully saturated rings. The summed E-state index contributed by atoms with van der Waals surface area (Å²) in [6.07, 6.45) is 4.61. The third-order valence-electron chi connectivity index (χ3n) is 2.72. The molecular weight excluding hydrogens is 262 g/mol. The van der Waals surface area contributed by atoms with Gasteiger partial charge in [-0.25, -0.2) is 0 Å². The molecule has 20 heavy (non-hydrogen) atoms. The summed E-state index contributed by atoms with van der Waals surface area (Å²) < 4.78 is 10.3. The summed E-state index contributed by atoms with van der Waals surface area (Å²) in [6.45, 7) is 0.0652. The van der Waals surface area contributed by atoms with Crippen LogP contribution in [-0.2, 0) is 0 Å². The number of benzene rings is 1. The first kappa shape index (κ1) is 12.1. The van der Waals surface area contributed by atoms with Crippen LogP contribution in [0.1, 0.15) is 5.56 Å². The first-order valence-corrected chi connectivity index (χ1v) is 5.76. The van der Waals surface area contributed by atoms with Gasteiger partial charge in [-0.05, 0) is 18.2 Å². The Morgan fingerprint density at radius 3 is 2.85 bits per heavy atom. The van der Waals surface area contributed by atoms with Gasteiger partial charge in [0.2, 0.25) is 6.79 Å². The Morgan fingerprint density at radius 1 is 1.35 bits per heavy atom. The molecule has 0 radical (unpaired) electrons. The molecule has 1 aliphatic heterocycles. The number of rotatable bonds is 3. The SMILES string of the molecule is O=[N+]([O-])c1cc2c(cc1C=Nc1cccnc1)OCO2. The summed E-state index contributed by atoms with van der Waals surface area (Å²) in [4.78, 5) is 18.7. The predicted molar refractivity (Wildman–Crippen MR) is 70.7 cm³/mol. The van der Waals surface area contributed by atoms with Crippen molar-refractivity contribution in [1.29, 1.82) is 0 Å². The quantitative estimate of drug-likeness (QED) is 0.486. The van der Waals surface area contributed by atoms with Gasteiger partial charge in [-0.2, -0.15) is 0 Å². The fraction of sp³-hybridized carbons (Fsp3) is 0.0769. The van der Waals surface area contributed by atoms with Crippen molar-refractivity contribution < 1.29 is 14.4 Å². The Balaban J connectivity index is 2.00. The number of hydrogen-bond donors (Lipinski definition) is 0. The lowest BCUT2D eigenvalue weighted by Crippen LogP contribution is -1.94. The highest BCUT2D eigenvalue weighted by Gasteiger charge is 2.22. The fourth-order valence-corrected chi connectivity index (χ4v) is 1.78. The van der Waals surface area contributed by atoms with E-state index >= 15 is 0 Å². The van der Waals surface area contributed by atoms with Crippen LogP contribution in [-0.4, -0.2) is 22.9 Å². The number of nitro groups is 1. The molecule has 0 amide bonds. The van der Waals surface area contributed by atoms with E-state index in [-0.39, 0.29) is 12.5 Å². The van der Waals surface area contributed by atoms with Gasteiger partial charge >= 0.3 is 0 Å². The predicted octanol–water partition coefficient (Wildman–Crippen LogP) is 2.47. The summed E-state index contributed by atoms with van der Waals surface area (Å²) >= 11 is 0. The average Bonchev–Trinajstić information content (AvgIpc) is 2.92. The van der Waals surface area contributed by atoms with Crippen molar-refractivity contribution in [3.63, 3.8) is 0 Å². The molecule has 1 aromatic heterocycles. The van der Waals surface area contributed by atoms with Gasteiger partial charge in [-0.1, -0.05) is 0 Å². The second-order valence-electron chi connectivity index (χ2n) is 3.99. The molecule has 0 aliphatic carbocycles. The maximum absolute atomic E-state index is 11.1. The van der Waals surface area contributed by atoms with E-state index in [0.717, 1.165) is 0 Å². The van der Waals surface area contributed by atoms with Crippen LogP contribution in [0.5, 0.6) is 11.5 Å². The lowest BCUT2D eigenvalue weighted by molar-refractivity contribution is -0.385. The molecule has 0 unspecified atom stereocenters. The number of aromatic nitrogens is 1. The van der Waals surface area contributed by atoms with Gasteiger partial charge in [0.15, 0.2) is 11.5 Å². The number of nitro benzene ring substituents is 1. The summed E-state index contributed by atoms with van der Waals surface area (Å²) in [5.74, 6) is 0.846. The summed E-state index contributed by atoms with van der Waals surface area (Å²) in [7, 11) is 0. The van der Waals surface area contributed by atoms with E-state index in [9.17, 15) is 10.1 Å². The Hall–Kier alpha value is -2.96. The molecule has 3 rings (SSSR count). The zero-order valence-corrected chi connectivity index (χ0v) is 10.2. The van der Waals surface area contributed by atoms with Crippen LogP contribution >= 0.6 is 0 Å². The fourth-order valence-electron chi connectivity index (χ4n) is 1.78. The zero-order valence-electron chi connectivity index (χ0n) is 10.2. The maximum atomic E-state index is 11.1. The Morgan fingerprint density at radius 2 is 2.15 bits per heavy atom. The van der Waals surface area contributed by atoms with Gasteiger partial charge < -0.3 is 9.47 Å². The molecule has 1 aliphatic rings. The number of aliphatic imine (C=N–C) groups is 1. The van der Waals surface area contributed by atoms with Crippen molar-refractivity contribution in [1.82, 2.24) is 4.98 Å². The van der Waals surface area contributed by atoms with Crippen molar-refractivity contribution >= 4 is 17.6 Å². The van der Waals surface area contributed by atoms with Crippen molar-refractivity contribution in [3.05, 3.63) is 52.3 Å². The smallest absolute Gasteiger partial charge is 0.282 e. The van der Waals surface area contributed by atoms with E-state index in [1.165, 1.54) is 12.3 Å². The Kier molecular flexibility index (Phi) is 3.00. The van der Waals surface area contributed by atoms with Crippen LogP contribution in [0.2, 0.25) is 0 Å². The minimum atomic E-state index is -0.480. The number of ether oxygens (including phenoxy) is 2. The van der Waals surface area contributed by atoms with E-state index in [0.29, 0.717) is 22.7 Å². The maximum Gasteiger partial charge on any atom is 0.282 e. The van der Waals surface area contributed by atoms with Crippen LogP contribution in [0.3, 0.4) is 0 Å². The van der Waals surface area contributed by atoms with E-state index in [4.69, 9.17) is 9.47 Å². The number of fused-ring (bicyclic) bond motifs is 1. The molecule has 0 bridgehead atoms. The lowest BCUT2D eigenvalue weighted by atomic mass is 10.1. The minimum absolute atomic E-state index is 0.0652. The molecule has 100 valence electrons. The molecule has 2 heterocycles. The van der Waals surface area contributed by atoms with E-state index < -0.39 is 4.92 Å². The molecule has 0 saturated heterocycles. The summed E-state index contributed by atoms with van der Waals surface area (Å²) in [5.41, 5.74) is 0.879. The van der Waals surface area contributed by atoms with Crippen LogP contribution in [0, 0.1) is 10.1 Å². The van der Waals surface area contributed by atoms with Gasteiger partial charge in [-0.3, -0.25) is 20.1 Å². The van der Waals surface area contributed by atoms with Gasteiger partial charge in [0.1, 0.15) is 0 Å². The van der Waals surface area contributed by atoms with E-state index in [2.05, 4.69) is 9.98 Å². The van der Waals surface area contributed by atoms with Crippen LogP contribution in [0.4, 0.5) is 11.4 Å². The van der Waals surface area contributed by atoms with E-state index in [1.807, 2.05) is 0 Å². The second kappa shape index (κ2) is 4.96. The number of hydrogen-bond acceptors (Lipinski definition) is 6. The van der Waals surface area contributed by atoms with Gasteiger partial charge in [0, 0.05) is 12.4 Å². The lowest BCUT2D eigenvalue weighted by Gasteiger charge is -2.00. The number of nitrogens with zero attached hydrogens (tertiary/aromatic N) is 3. The monoisotopic (exact) mass is 271 g/mol. The third-order valence-corrected chi connectivity index (χ3v) is 2.72. The first-order valence-electron chi connectivity index (χ1n) is 5.76. The average molecular weight is 271 g/mol. The molecule has 0 saturated carbocycles. The van der Waals surface area contributed by atoms with Crippen LogP contribution < -0.4 is 9.47 Å². The Bertz CT molecular complexity index is 686. The van der Waals surface area contributed by atoms with Crippen molar-refractivity contribution in [3.8, 4) is 11.5 Å². The van der Waals surface area contributed by atoms with Crippen molar-refractivity contribution in [2.45, 2.75) is 0 Å². The molecular formula is C13H9N3O4. The molecule has 0 N–H and O–H groups in total. The van der Waals surface area contributed by atoms with Crippen LogP contribution in [0.15, 0.2) is 41.7 Å².